The highest BCUT2D eigenvalue weighted by molar-refractivity contribution is 7.84. The number of benzene rings is 2. The lowest BCUT2D eigenvalue weighted by Crippen LogP contribution is -2.11. The van der Waals surface area contributed by atoms with Crippen molar-refractivity contribution in [2.75, 3.05) is 21.3 Å². The Labute approximate surface area is 165 Å². The Bertz CT molecular complexity index is 994. The second kappa shape index (κ2) is 8.75. The number of hydrogen-bond acceptors (Lipinski definition) is 6. The predicted molar refractivity (Wildman–Crippen MR) is 105 cm³/mol. The minimum atomic E-state index is -1.44. The summed E-state index contributed by atoms with van der Waals surface area (Å²) >= 11 is 0. The molecule has 0 spiro atoms. The van der Waals surface area contributed by atoms with Crippen LogP contribution in [0.15, 0.2) is 64.3 Å². The molecule has 146 valence electrons. The number of rotatable bonds is 7. The monoisotopic (exact) mass is 400 g/mol. The molecule has 0 amide bonds. The molecule has 0 aliphatic heterocycles. The van der Waals surface area contributed by atoms with Crippen molar-refractivity contribution in [3.63, 3.8) is 0 Å². The first-order valence-electron chi connectivity index (χ1n) is 8.42. The molecule has 0 radical (unpaired) electrons. The van der Waals surface area contributed by atoms with Gasteiger partial charge < -0.3 is 18.6 Å². The molecule has 3 rings (SSSR count). The van der Waals surface area contributed by atoms with Gasteiger partial charge in [-0.05, 0) is 23.8 Å². The number of ether oxygens (including phenoxy) is 3. The van der Waals surface area contributed by atoms with E-state index < -0.39 is 16.8 Å². The molecule has 0 bridgehead atoms. The third-order valence-corrected chi connectivity index (χ3v) is 5.67. The van der Waals surface area contributed by atoms with Gasteiger partial charge in [-0.1, -0.05) is 24.3 Å². The molecule has 0 saturated carbocycles. The van der Waals surface area contributed by atoms with Crippen LogP contribution in [0.3, 0.4) is 0 Å². The van der Waals surface area contributed by atoms with E-state index in [9.17, 15) is 9.00 Å². The van der Waals surface area contributed by atoms with E-state index in [-0.39, 0.29) is 11.3 Å². The van der Waals surface area contributed by atoms with Gasteiger partial charge >= 0.3 is 5.97 Å². The average molecular weight is 400 g/mol. The van der Waals surface area contributed by atoms with E-state index >= 15 is 0 Å². The largest absolute Gasteiger partial charge is 0.495 e. The minimum absolute atomic E-state index is 0.104. The quantitative estimate of drug-likeness (QED) is 0.557. The number of methoxy groups -OCH3 is 3. The maximum atomic E-state index is 13.0. The molecule has 2 aromatic carbocycles. The minimum Gasteiger partial charge on any atom is -0.495 e. The molecule has 3 aromatic rings. The van der Waals surface area contributed by atoms with E-state index in [0.717, 1.165) is 5.56 Å². The Morgan fingerprint density at radius 2 is 1.82 bits per heavy atom. The van der Waals surface area contributed by atoms with E-state index in [0.29, 0.717) is 27.5 Å². The number of hydrogen-bond donors (Lipinski definition) is 0. The maximum absolute atomic E-state index is 13.0. The van der Waals surface area contributed by atoms with E-state index in [4.69, 9.17) is 18.6 Å². The fourth-order valence-electron chi connectivity index (χ4n) is 2.95. The third kappa shape index (κ3) is 3.80. The van der Waals surface area contributed by atoms with Gasteiger partial charge in [0.1, 0.15) is 17.1 Å². The maximum Gasteiger partial charge on any atom is 0.341 e. The Kier molecular flexibility index (Phi) is 6.16. The van der Waals surface area contributed by atoms with Gasteiger partial charge in [-0.15, -0.1) is 0 Å². The summed E-state index contributed by atoms with van der Waals surface area (Å²) in [5, 5.41) is 0. The molecule has 0 aliphatic rings. The first-order chi connectivity index (χ1) is 13.6. The van der Waals surface area contributed by atoms with Crippen LogP contribution in [0.5, 0.6) is 11.5 Å². The van der Waals surface area contributed by atoms with Crippen LogP contribution in [0.25, 0.3) is 11.1 Å². The van der Waals surface area contributed by atoms with Crippen LogP contribution in [0.2, 0.25) is 0 Å². The van der Waals surface area contributed by atoms with Crippen molar-refractivity contribution in [2.45, 2.75) is 10.6 Å². The molecule has 28 heavy (non-hydrogen) atoms. The summed E-state index contributed by atoms with van der Waals surface area (Å²) in [5.41, 5.74) is 2.25. The van der Waals surface area contributed by atoms with Crippen LogP contribution in [-0.2, 0) is 21.3 Å². The highest BCUT2D eigenvalue weighted by Crippen LogP contribution is 2.37. The molecule has 6 nitrogen and oxygen atoms in total. The van der Waals surface area contributed by atoms with Crippen molar-refractivity contribution in [1.82, 2.24) is 0 Å². The van der Waals surface area contributed by atoms with Gasteiger partial charge in [-0.3, -0.25) is 4.21 Å². The average Bonchev–Trinajstić information content (AvgIpc) is 3.27. The van der Waals surface area contributed by atoms with Crippen molar-refractivity contribution in [1.29, 1.82) is 0 Å². The second-order valence-electron chi connectivity index (χ2n) is 5.82. The second-order valence-corrected chi connectivity index (χ2v) is 7.24. The Balaban J connectivity index is 2.08. The van der Waals surface area contributed by atoms with Gasteiger partial charge in [0.2, 0.25) is 0 Å². The number of esters is 1. The standard InChI is InChI=1S/C21H20O6S/c1-24-17-6-4-5-7-18(17)28(23)13-15-8-9-16(14-10-11-27-12-14)20(25-2)19(15)21(22)26-3/h4-12H,13H2,1-3H3. The van der Waals surface area contributed by atoms with Gasteiger partial charge in [-0.2, -0.15) is 0 Å². The van der Waals surface area contributed by atoms with Crippen molar-refractivity contribution in [3.05, 3.63) is 66.1 Å². The Morgan fingerprint density at radius 3 is 2.46 bits per heavy atom. The third-order valence-electron chi connectivity index (χ3n) is 4.27. The Morgan fingerprint density at radius 1 is 1.04 bits per heavy atom. The van der Waals surface area contributed by atoms with Gasteiger partial charge in [0.25, 0.3) is 0 Å². The summed E-state index contributed by atoms with van der Waals surface area (Å²) in [6, 6.07) is 12.4. The molecular formula is C21H20O6S. The summed E-state index contributed by atoms with van der Waals surface area (Å²) in [6.45, 7) is 0. The zero-order valence-corrected chi connectivity index (χ0v) is 16.6. The van der Waals surface area contributed by atoms with Gasteiger partial charge in [0, 0.05) is 11.1 Å². The molecule has 1 aromatic heterocycles. The summed E-state index contributed by atoms with van der Waals surface area (Å²) in [6.07, 6.45) is 3.10. The number of para-hydroxylation sites is 1. The zero-order chi connectivity index (χ0) is 20.1. The topological polar surface area (TPSA) is 75.0 Å². The summed E-state index contributed by atoms with van der Waals surface area (Å²) in [7, 11) is 2.87. The molecule has 7 heteroatoms. The van der Waals surface area contributed by atoms with E-state index in [1.807, 2.05) is 12.1 Å². The predicted octanol–water partition coefficient (Wildman–Crippen LogP) is 4.06. The van der Waals surface area contributed by atoms with Crippen LogP contribution in [-0.4, -0.2) is 31.5 Å². The Hall–Kier alpha value is -3.06. The van der Waals surface area contributed by atoms with Gasteiger partial charge in [0.05, 0.1) is 55.3 Å². The summed E-state index contributed by atoms with van der Waals surface area (Å²) in [4.78, 5) is 13.1. The highest BCUT2D eigenvalue weighted by atomic mass is 32.2. The van der Waals surface area contributed by atoms with Crippen molar-refractivity contribution >= 4 is 16.8 Å². The van der Waals surface area contributed by atoms with Gasteiger partial charge in [0.15, 0.2) is 0 Å². The smallest absolute Gasteiger partial charge is 0.341 e. The number of carbonyl (C=O) groups excluding carboxylic acids is 1. The molecule has 0 N–H and O–H groups in total. The van der Waals surface area contributed by atoms with Crippen LogP contribution in [0.4, 0.5) is 0 Å². The summed E-state index contributed by atoms with van der Waals surface area (Å²) in [5.74, 6) is 0.423. The zero-order valence-electron chi connectivity index (χ0n) is 15.8. The molecular weight excluding hydrogens is 380 g/mol. The molecule has 1 atom stereocenters. The normalized spacial score (nSPS) is 11.7. The van der Waals surface area contributed by atoms with E-state index in [2.05, 4.69) is 0 Å². The van der Waals surface area contributed by atoms with Crippen LogP contribution in [0.1, 0.15) is 15.9 Å². The molecule has 0 fully saturated rings. The number of furan rings is 1. The lowest BCUT2D eigenvalue weighted by Gasteiger charge is -2.16. The number of carbonyl (C=O) groups is 1. The van der Waals surface area contributed by atoms with Crippen molar-refractivity contribution in [2.24, 2.45) is 0 Å². The van der Waals surface area contributed by atoms with Gasteiger partial charge in [-0.25, -0.2) is 4.79 Å². The molecule has 0 saturated heterocycles. The first-order valence-corrected chi connectivity index (χ1v) is 9.74. The van der Waals surface area contributed by atoms with Crippen LogP contribution < -0.4 is 9.47 Å². The molecule has 1 heterocycles. The van der Waals surface area contributed by atoms with E-state index in [1.54, 1.807) is 36.6 Å². The summed E-state index contributed by atoms with van der Waals surface area (Å²) < 4.78 is 33.9. The van der Waals surface area contributed by atoms with Crippen molar-refractivity contribution in [3.8, 4) is 22.6 Å². The lowest BCUT2D eigenvalue weighted by atomic mass is 9.99. The lowest BCUT2D eigenvalue weighted by molar-refractivity contribution is 0.0596. The molecule has 0 aliphatic carbocycles. The molecule has 1 unspecified atom stereocenters. The SMILES string of the molecule is COC(=O)c1c(CS(=O)c2ccccc2OC)ccc(-c2ccoc2)c1OC. The van der Waals surface area contributed by atoms with Crippen molar-refractivity contribution < 1.29 is 27.6 Å². The fraction of sp³-hybridized carbons (Fsp3) is 0.190. The van der Waals surface area contributed by atoms with Crippen LogP contribution in [0, 0.1) is 0 Å². The van der Waals surface area contributed by atoms with Crippen LogP contribution >= 0.6 is 0 Å². The highest BCUT2D eigenvalue weighted by Gasteiger charge is 2.24. The first kappa shape index (κ1) is 19.7. The fourth-order valence-corrected chi connectivity index (χ4v) is 4.24. The van der Waals surface area contributed by atoms with E-state index in [1.165, 1.54) is 27.6 Å².